The van der Waals surface area contributed by atoms with Crippen LogP contribution in [0.25, 0.3) is 0 Å². The summed E-state index contributed by atoms with van der Waals surface area (Å²) in [5.74, 6) is 0.952. The van der Waals surface area contributed by atoms with E-state index in [4.69, 9.17) is 5.73 Å². The normalized spacial score (nSPS) is 24.3. The van der Waals surface area contributed by atoms with Crippen LogP contribution in [0.15, 0.2) is 23.2 Å². The van der Waals surface area contributed by atoms with Crippen molar-refractivity contribution in [3.63, 3.8) is 0 Å². The number of nitrogen functional groups attached to an aromatic ring is 1. The predicted octanol–water partition coefficient (Wildman–Crippen LogP) is 1.91. The maximum absolute atomic E-state index is 12.2. The molecule has 1 aliphatic rings. The molecule has 19 heavy (non-hydrogen) atoms. The van der Waals surface area contributed by atoms with E-state index >= 15 is 0 Å². The van der Waals surface area contributed by atoms with E-state index in [1.165, 1.54) is 24.8 Å². The molecule has 5 nitrogen and oxygen atoms in total. The van der Waals surface area contributed by atoms with Gasteiger partial charge < -0.3 is 5.73 Å². The van der Waals surface area contributed by atoms with Crippen molar-refractivity contribution in [2.24, 2.45) is 5.92 Å². The molecule has 0 bridgehead atoms. The first-order valence-electron chi connectivity index (χ1n) is 6.75. The Bertz CT molecular complexity index is 513. The van der Waals surface area contributed by atoms with Gasteiger partial charge >= 0.3 is 0 Å². The van der Waals surface area contributed by atoms with E-state index in [9.17, 15) is 8.42 Å². The van der Waals surface area contributed by atoms with Crippen LogP contribution in [0.4, 0.5) is 5.82 Å². The molecule has 2 rings (SSSR count). The van der Waals surface area contributed by atoms with E-state index < -0.39 is 10.0 Å². The summed E-state index contributed by atoms with van der Waals surface area (Å²) in [4.78, 5) is 4.01. The highest BCUT2D eigenvalue weighted by Crippen LogP contribution is 2.27. The Hall–Kier alpha value is -1.14. The first kappa shape index (κ1) is 14.3. The third kappa shape index (κ3) is 3.67. The monoisotopic (exact) mass is 283 g/mol. The minimum Gasteiger partial charge on any atom is -0.384 e. The van der Waals surface area contributed by atoms with Gasteiger partial charge in [0.25, 0.3) is 0 Å². The summed E-state index contributed by atoms with van der Waals surface area (Å²) >= 11 is 0. The van der Waals surface area contributed by atoms with E-state index in [0.29, 0.717) is 11.7 Å². The third-order valence-corrected chi connectivity index (χ3v) is 5.26. The summed E-state index contributed by atoms with van der Waals surface area (Å²) in [7, 11) is -3.48. The molecule has 0 amide bonds. The Balaban J connectivity index is 2.06. The number of sulfonamides is 1. The average molecular weight is 283 g/mol. The first-order valence-corrected chi connectivity index (χ1v) is 8.23. The number of hydrogen-bond donors (Lipinski definition) is 2. The van der Waals surface area contributed by atoms with Gasteiger partial charge in [-0.15, -0.1) is 0 Å². The molecular weight excluding hydrogens is 262 g/mol. The van der Waals surface area contributed by atoms with E-state index in [-0.39, 0.29) is 10.9 Å². The van der Waals surface area contributed by atoms with E-state index in [1.807, 2.05) is 0 Å². The number of pyridine rings is 1. The molecular formula is C13H21N3O2S. The number of anilines is 1. The van der Waals surface area contributed by atoms with Crippen LogP contribution >= 0.6 is 0 Å². The molecule has 0 saturated heterocycles. The molecule has 1 saturated carbocycles. The number of nitrogens with one attached hydrogen (secondary N) is 1. The lowest BCUT2D eigenvalue weighted by Crippen LogP contribution is -2.38. The van der Waals surface area contributed by atoms with Crippen LogP contribution in [0.1, 0.15) is 39.0 Å². The van der Waals surface area contributed by atoms with Gasteiger partial charge in [0.05, 0.1) is 0 Å². The summed E-state index contributed by atoms with van der Waals surface area (Å²) in [6.45, 7) is 2.16. The minimum absolute atomic E-state index is 0.0428. The van der Waals surface area contributed by atoms with Crippen molar-refractivity contribution in [1.29, 1.82) is 0 Å². The van der Waals surface area contributed by atoms with Gasteiger partial charge in [-0.05, 0) is 30.9 Å². The lowest BCUT2D eigenvalue weighted by molar-refractivity contribution is 0.301. The van der Waals surface area contributed by atoms with Gasteiger partial charge in [-0.3, -0.25) is 0 Å². The molecule has 1 aromatic rings. The van der Waals surface area contributed by atoms with Gasteiger partial charge in [0, 0.05) is 12.2 Å². The highest BCUT2D eigenvalue weighted by atomic mass is 32.2. The van der Waals surface area contributed by atoms with E-state index in [2.05, 4.69) is 16.6 Å². The maximum atomic E-state index is 12.2. The van der Waals surface area contributed by atoms with Crippen molar-refractivity contribution in [2.75, 3.05) is 5.73 Å². The molecule has 2 atom stereocenters. The van der Waals surface area contributed by atoms with Crippen LogP contribution in [0.5, 0.6) is 0 Å². The predicted molar refractivity (Wildman–Crippen MR) is 75.0 cm³/mol. The second kappa shape index (κ2) is 5.88. The summed E-state index contributed by atoms with van der Waals surface area (Å²) in [6, 6.07) is 3.04. The lowest BCUT2D eigenvalue weighted by atomic mass is 9.85. The van der Waals surface area contributed by atoms with Crippen LogP contribution < -0.4 is 10.5 Å². The van der Waals surface area contributed by atoms with Crippen molar-refractivity contribution < 1.29 is 8.42 Å². The Morgan fingerprint density at radius 1 is 1.42 bits per heavy atom. The van der Waals surface area contributed by atoms with Gasteiger partial charge in [-0.2, -0.15) is 0 Å². The number of rotatable bonds is 4. The van der Waals surface area contributed by atoms with Gasteiger partial charge in [0.1, 0.15) is 10.7 Å². The molecule has 1 heterocycles. The maximum Gasteiger partial charge on any atom is 0.242 e. The van der Waals surface area contributed by atoms with Crippen LogP contribution in [-0.4, -0.2) is 19.4 Å². The molecule has 106 valence electrons. The molecule has 0 aliphatic heterocycles. The van der Waals surface area contributed by atoms with Crippen molar-refractivity contribution in [1.82, 2.24) is 9.71 Å². The third-order valence-electron chi connectivity index (χ3n) is 3.75. The summed E-state index contributed by atoms with van der Waals surface area (Å²) in [6.07, 6.45) is 6.56. The van der Waals surface area contributed by atoms with Crippen LogP contribution in [0.3, 0.4) is 0 Å². The molecule has 2 unspecified atom stereocenters. The largest absolute Gasteiger partial charge is 0.384 e. The number of hydrogen-bond acceptors (Lipinski definition) is 4. The van der Waals surface area contributed by atoms with Crippen molar-refractivity contribution >= 4 is 15.8 Å². The first-order chi connectivity index (χ1) is 9.01. The highest BCUT2D eigenvalue weighted by molar-refractivity contribution is 7.89. The molecule has 1 aliphatic carbocycles. The molecule has 3 N–H and O–H groups in total. The van der Waals surface area contributed by atoms with Crippen LogP contribution in [-0.2, 0) is 10.0 Å². The second-order valence-electron chi connectivity index (χ2n) is 5.18. The second-order valence-corrected chi connectivity index (χ2v) is 6.89. The van der Waals surface area contributed by atoms with Gasteiger partial charge in [0.15, 0.2) is 0 Å². The fourth-order valence-electron chi connectivity index (χ4n) is 2.61. The quantitative estimate of drug-likeness (QED) is 0.884. The number of aromatic nitrogens is 1. The van der Waals surface area contributed by atoms with Gasteiger partial charge in [-0.1, -0.05) is 26.2 Å². The Kier molecular flexibility index (Phi) is 4.42. The molecule has 6 heteroatoms. The van der Waals surface area contributed by atoms with Crippen LogP contribution in [0, 0.1) is 5.92 Å². The van der Waals surface area contributed by atoms with E-state index in [0.717, 1.165) is 25.7 Å². The standard InChI is InChI=1S/C13H21N3O2S/c1-2-10-4-3-5-11(8-10)16-19(17,18)12-6-7-13(14)15-9-12/h6-7,9-11,16H,2-5,8H2,1H3,(H2,14,15). The van der Waals surface area contributed by atoms with Crippen LogP contribution in [0.2, 0.25) is 0 Å². The van der Waals surface area contributed by atoms with Crippen molar-refractivity contribution in [2.45, 2.75) is 50.0 Å². The molecule has 0 aromatic carbocycles. The summed E-state index contributed by atoms with van der Waals surface area (Å²) in [5, 5.41) is 0. The molecule has 1 aromatic heterocycles. The molecule has 1 fully saturated rings. The fraction of sp³-hybridized carbons (Fsp3) is 0.615. The zero-order valence-electron chi connectivity index (χ0n) is 11.2. The van der Waals surface area contributed by atoms with Gasteiger partial charge in [-0.25, -0.2) is 18.1 Å². The SMILES string of the molecule is CCC1CCCC(NS(=O)(=O)c2ccc(N)nc2)C1. The molecule has 0 radical (unpaired) electrons. The average Bonchev–Trinajstić information content (AvgIpc) is 2.39. The number of nitrogens with zero attached hydrogens (tertiary/aromatic N) is 1. The Labute approximate surface area is 114 Å². The Morgan fingerprint density at radius 2 is 2.21 bits per heavy atom. The lowest BCUT2D eigenvalue weighted by Gasteiger charge is -2.28. The topological polar surface area (TPSA) is 85.1 Å². The van der Waals surface area contributed by atoms with Crippen molar-refractivity contribution in [3.05, 3.63) is 18.3 Å². The van der Waals surface area contributed by atoms with E-state index in [1.54, 1.807) is 0 Å². The fourth-order valence-corrected chi connectivity index (χ4v) is 3.83. The summed E-state index contributed by atoms with van der Waals surface area (Å²) < 4.78 is 27.2. The zero-order valence-corrected chi connectivity index (χ0v) is 12.0. The summed E-state index contributed by atoms with van der Waals surface area (Å²) in [5.41, 5.74) is 5.46. The van der Waals surface area contributed by atoms with Crippen molar-refractivity contribution in [3.8, 4) is 0 Å². The highest BCUT2D eigenvalue weighted by Gasteiger charge is 2.25. The minimum atomic E-state index is -3.48. The smallest absolute Gasteiger partial charge is 0.242 e. The number of nitrogens with two attached hydrogens (primary N) is 1. The Morgan fingerprint density at radius 3 is 2.84 bits per heavy atom. The molecule has 0 spiro atoms. The zero-order chi connectivity index (χ0) is 13.9. The van der Waals surface area contributed by atoms with Gasteiger partial charge in [0.2, 0.25) is 10.0 Å².